The first-order valence-electron chi connectivity index (χ1n) is 8.20. The quantitative estimate of drug-likeness (QED) is 0.593. The van der Waals surface area contributed by atoms with Gasteiger partial charge in [-0.05, 0) is 61.0 Å². The third kappa shape index (κ3) is 4.03. The molecule has 0 bridgehead atoms. The van der Waals surface area contributed by atoms with Crippen LogP contribution in [0.15, 0.2) is 35.7 Å². The number of thiophene rings is 1. The summed E-state index contributed by atoms with van der Waals surface area (Å²) in [6.45, 7) is 3.61. The maximum atomic E-state index is 12.3. The second-order valence-corrected chi connectivity index (χ2v) is 6.97. The summed E-state index contributed by atoms with van der Waals surface area (Å²) in [5.74, 6) is 0.971. The van der Waals surface area contributed by atoms with E-state index in [9.17, 15) is 9.59 Å². The number of hydrogen-bond donors (Lipinski definition) is 0. The Hall–Kier alpha value is -2.14. The molecule has 4 nitrogen and oxygen atoms in total. The molecule has 0 radical (unpaired) electrons. The van der Waals surface area contributed by atoms with Crippen LogP contribution in [0.2, 0.25) is 0 Å². The molecule has 0 saturated heterocycles. The smallest absolute Gasteiger partial charge is 0.223 e. The topological polar surface area (TPSA) is 46.6 Å². The third-order valence-corrected chi connectivity index (χ3v) is 5.25. The largest absolute Gasteiger partial charge is 0.494 e. The summed E-state index contributed by atoms with van der Waals surface area (Å²) in [6, 6.07) is 9.22. The van der Waals surface area contributed by atoms with Gasteiger partial charge in [-0.15, -0.1) is 11.3 Å². The van der Waals surface area contributed by atoms with Gasteiger partial charge in [0, 0.05) is 30.0 Å². The Morgan fingerprint density at radius 2 is 2.00 bits per heavy atom. The van der Waals surface area contributed by atoms with Crippen LogP contribution in [0, 0.1) is 0 Å². The highest BCUT2D eigenvalue weighted by Gasteiger charge is 2.20. The van der Waals surface area contributed by atoms with Crippen molar-refractivity contribution in [1.82, 2.24) is 4.90 Å². The molecule has 1 aliphatic heterocycles. The van der Waals surface area contributed by atoms with Crippen LogP contribution >= 0.6 is 11.3 Å². The van der Waals surface area contributed by atoms with Crippen molar-refractivity contribution in [2.45, 2.75) is 32.7 Å². The van der Waals surface area contributed by atoms with Gasteiger partial charge in [-0.3, -0.25) is 9.59 Å². The van der Waals surface area contributed by atoms with Crippen LogP contribution in [0.1, 0.15) is 40.6 Å². The van der Waals surface area contributed by atoms with Crippen molar-refractivity contribution in [1.29, 1.82) is 0 Å². The number of ether oxygens (including phenoxy) is 1. The number of fused-ring (bicyclic) bond motifs is 1. The second kappa shape index (κ2) is 7.62. The molecule has 0 N–H and O–H groups in total. The molecule has 1 amide bonds. The van der Waals surface area contributed by atoms with E-state index in [-0.39, 0.29) is 11.7 Å². The molecular formula is C19H21NO3S. The SMILES string of the molecule is CC(=O)c1ccc(OCCCC(=O)N2CCc3sccc3C2)cc1. The number of nitrogens with zero attached hydrogens (tertiary/aromatic N) is 1. The van der Waals surface area contributed by atoms with Crippen molar-refractivity contribution in [3.63, 3.8) is 0 Å². The average molecular weight is 343 g/mol. The predicted octanol–water partition coefficient (Wildman–Crippen LogP) is 3.69. The summed E-state index contributed by atoms with van der Waals surface area (Å²) in [6.07, 6.45) is 2.17. The van der Waals surface area contributed by atoms with Crippen LogP contribution in [0.3, 0.4) is 0 Å². The van der Waals surface area contributed by atoms with E-state index in [1.807, 2.05) is 4.90 Å². The highest BCUT2D eigenvalue weighted by molar-refractivity contribution is 7.10. The summed E-state index contributed by atoms with van der Waals surface area (Å²) >= 11 is 1.78. The molecule has 1 aromatic carbocycles. The van der Waals surface area contributed by atoms with Gasteiger partial charge in [-0.25, -0.2) is 0 Å². The molecule has 0 spiro atoms. The maximum absolute atomic E-state index is 12.3. The Labute approximate surface area is 146 Å². The minimum Gasteiger partial charge on any atom is -0.494 e. The minimum atomic E-state index is 0.0439. The van der Waals surface area contributed by atoms with Crippen LogP contribution in [0.4, 0.5) is 0 Å². The Balaban J connectivity index is 1.40. The van der Waals surface area contributed by atoms with Crippen molar-refractivity contribution in [2.75, 3.05) is 13.2 Å². The number of rotatable bonds is 6. The van der Waals surface area contributed by atoms with Crippen molar-refractivity contribution in [3.8, 4) is 5.75 Å². The molecule has 1 aromatic heterocycles. The van der Waals surface area contributed by atoms with E-state index in [4.69, 9.17) is 4.74 Å². The molecule has 2 aromatic rings. The van der Waals surface area contributed by atoms with Gasteiger partial charge in [0.15, 0.2) is 5.78 Å². The summed E-state index contributed by atoms with van der Waals surface area (Å²) in [7, 11) is 0. The standard InChI is InChI=1S/C19H21NO3S/c1-14(21)15-4-6-17(7-5-15)23-11-2-3-19(22)20-10-8-18-16(13-20)9-12-24-18/h4-7,9,12H,2-3,8,10-11,13H2,1H3. The third-order valence-electron chi connectivity index (χ3n) is 4.22. The van der Waals surface area contributed by atoms with Gasteiger partial charge >= 0.3 is 0 Å². The Morgan fingerprint density at radius 3 is 2.75 bits per heavy atom. The number of ketones is 1. The van der Waals surface area contributed by atoms with Gasteiger partial charge in [0.2, 0.25) is 5.91 Å². The van der Waals surface area contributed by atoms with E-state index in [0.717, 1.165) is 25.3 Å². The Kier molecular flexibility index (Phi) is 5.30. The highest BCUT2D eigenvalue weighted by atomic mass is 32.1. The first-order chi connectivity index (χ1) is 11.6. The van der Waals surface area contributed by atoms with Crippen LogP contribution in [0.5, 0.6) is 5.75 Å². The van der Waals surface area contributed by atoms with Crippen LogP contribution in [-0.2, 0) is 17.8 Å². The van der Waals surface area contributed by atoms with Crippen molar-refractivity contribution in [3.05, 3.63) is 51.7 Å². The van der Waals surface area contributed by atoms with Gasteiger partial charge in [0.05, 0.1) is 6.61 Å². The molecule has 0 aliphatic carbocycles. The van der Waals surface area contributed by atoms with E-state index < -0.39 is 0 Å². The summed E-state index contributed by atoms with van der Waals surface area (Å²) < 4.78 is 5.64. The summed E-state index contributed by atoms with van der Waals surface area (Å²) in [4.78, 5) is 26.9. The fourth-order valence-corrected chi connectivity index (χ4v) is 3.71. The monoisotopic (exact) mass is 343 g/mol. The lowest BCUT2D eigenvalue weighted by molar-refractivity contribution is -0.132. The first-order valence-corrected chi connectivity index (χ1v) is 9.08. The maximum Gasteiger partial charge on any atom is 0.223 e. The predicted molar refractivity (Wildman–Crippen MR) is 94.6 cm³/mol. The van der Waals surface area contributed by atoms with E-state index in [0.29, 0.717) is 25.0 Å². The zero-order valence-corrected chi connectivity index (χ0v) is 14.6. The lowest BCUT2D eigenvalue weighted by Gasteiger charge is -2.27. The van der Waals surface area contributed by atoms with Gasteiger partial charge in [-0.1, -0.05) is 0 Å². The number of hydrogen-bond acceptors (Lipinski definition) is 4. The zero-order valence-electron chi connectivity index (χ0n) is 13.8. The number of carbonyl (C=O) groups is 2. The zero-order chi connectivity index (χ0) is 16.9. The van der Waals surface area contributed by atoms with Crippen LogP contribution < -0.4 is 4.74 Å². The number of amides is 1. The second-order valence-electron chi connectivity index (χ2n) is 5.97. The van der Waals surface area contributed by atoms with Gasteiger partial charge < -0.3 is 9.64 Å². The molecule has 24 heavy (non-hydrogen) atoms. The molecule has 0 fully saturated rings. The fourth-order valence-electron chi connectivity index (χ4n) is 2.82. The van der Waals surface area contributed by atoms with Gasteiger partial charge in [-0.2, -0.15) is 0 Å². The van der Waals surface area contributed by atoms with Gasteiger partial charge in [0.1, 0.15) is 5.75 Å². The van der Waals surface area contributed by atoms with Crippen LogP contribution in [0.25, 0.3) is 0 Å². The lowest BCUT2D eigenvalue weighted by atomic mass is 10.1. The molecule has 5 heteroatoms. The summed E-state index contributed by atoms with van der Waals surface area (Å²) in [5, 5.41) is 2.10. The van der Waals surface area contributed by atoms with E-state index in [1.165, 1.54) is 10.4 Å². The first kappa shape index (κ1) is 16.7. The number of benzene rings is 1. The van der Waals surface area contributed by atoms with Crippen molar-refractivity contribution < 1.29 is 14.3 Å². The Bertz CT molecular complexity index is 720. The fraction of sp³-hybridized carbons (Fsp3) is 0.368. The van der Waals surface area contributed by atoms with E-state index in [1.54, 1.807) is 42.5 Å². The van der Waals surface area contributed by atoms with Gasteiger partial charge in [0.25, 0.3) is 0 Å². The van der Waals surface area contributed by atoms with E-state index >= 15 is 0 Å². The summed E-state index contributed by atoms with van der Waals surface area (Å²) in [5.41, 5.74) is 1.97. The number of Topliss-reactive ketones (excluding diaryl/α,β-unsaturated/α-hetero) is 1. The molecule has 1 aliphatic rings. The normalized spacial score (nSPS) is 13.5. The van der Waals surface area contributed by atoms with E-state index in [2.05, 4.69) is 11.4 Å². The van der Waals surface area contributed by atoms with Crippen molar-refractivity contribution >= 4 is 23.0 Å². The highest BCUT2D eigenvalue weighted by Crippen LogP contribution is 2.24. The molecule has 3 rings (SSSR count). The Morgan fingerprint density at radius 1 is 1.21 bits per heavy atom. The lowest BCUT2D eigenvalue weighted by Crippen LogP contribution is -2.35. The average Bonchev–Trinajstić information content (AvgIpc) is 3.06. The molecular weight excluding hydrogens is 322 g/mol. The molecule has 0 saturated carbocycles. The number of carbonyl (C=O) groups excluding carboxylic acids is 2. The van der Waals surface area contributed by atoms with Crippen molar-refractivity contribution in [2.24, 2.45) is 0 Å². The molecule has 126 valence electrons. The molecule has 2 heterocycles. The minimum absolute atomic E-state index is 0.0439. The molecule has 0 unspecified atom stereocenters. The van der Waals surface area contributed by atoms with Crippen LogP contribution in [-0.4, -0.2) is 29.7 Å². The molecule has 0 atom stereocenters.